The molecule has 0 aliphatic carbocycles. The number of likely N-dealkylation sites (N-methyl/N-ethyl adjacent to an activating group) is 1. The van der Waals surface area contributed by atoms with Gasteiger partial charge in [0, 0.05) is 6.04 Å². The van der Waals surface area contributed by atoms with E-state index in [2.05, 4.69) is 21.2 Å². The third-order valence-electron chi connectivity index (χ3n) is 3.26. The van der Waals surface area contributed by atoms with Crippen LogP contribution in [-0.2, 0) is 6.42 Å². The van der Waals surface area contributed by atoms with Gasteiger partial charge in [-0.3, -0.25) is 0 Å². The zero-order valence-electron chi connectivity index (χ0n) is 11.5. The van der Waals surface area contributed by atoms with E-state index in [1.165, 1.54) is 18.2 Å². The summed E-state index contributed by atoms with van der Waals surface area (Å²) in [5, 5.41) is 3.18. The molecule has 0 bridgehead atoms. The fraction of sp³-hybridized carbons (Fsp3) is 0.250. The highest BCUT2D eigenvalue weighted by Crippen LogP contribution is 2.29. The molecular weight excluding hydrogens is 343 g/mol. The van der Waals surface area contributed by atoms with Crippen molar-refractivity contribution < 1.29 is 13.2 Å². The van der Waals surface area contributed by atoms with Gasteiger partial charge in [-0.05, 0) is 52.2 Å². The maximum atomic E-state index is 13.8. The molecule has 2 aromatic rings. The Morgan fingerprint density at radius 1 is 1.05 bits per heavy atom. The Morgan fingerprint density at radius 3 is 2.43 bits per heavy atom. The van der Waals surface area contributed by atoms with Crippen LogP contribution in [0.3, 0.4) is 0 Å². The first-order chi connectivity index (χ1) is 10.0. The molecule has 0 saturated heterocycles. The van der Waals surface area contributed by atoms with Gasteiger partial charge < -0.3 is 5.32 Å². The van der Waals surface area contributed by atoms with Crippen molar-refractivity contribution in [3.8, 4) is 0 Å². The van der Waals surface area contributed by atoms with Gasteiger partial charge in [-0.2, -0.15) is 0 Å². The van der Waals surface area contributed by atoms with Crippen LogP contribution in [0.2, 0.25) is 0 Å². The minimum Gasteiger partial charge on any atom is -0.310 e. The van der Waals surface area contributed by atoms with Gasteiger partial charge >= 0.3 is 0 Å². The molecule has 1 atom stereocenters. The summed E-state index contributed by atoms with van der Waals surface area (Å²) in [4.78, 5) is 0. The molecule has 0 aliphatic heterocycles. The minimum atomic E-state index is -0.874. The van der Waals surface area contributed by atoms with Crippen LogP contribution in [0.25, 0.3) is 0 Å². The number of benzene rings is 2. The molecule has 0 heterocycles. The van der Waals surface area contributed by atoms with E-state index in [1.54, 1.807) is 12.1 Å². The Balaban J connectivity index is 2.35. The lowest BCUT2D eigenvalue weighted by Crippen LogP contribution is -2.24. The predicted octanol–water partition coefficient (Wildman–Crippen LogP) is 4.76. The van der Waals surface area contributed by atoms with E-state index in [9.17, 15) is 13.2 Å². The topological polar surface area (TPSA) is 12.0 Å². The molecule has 1 nitrogen and oxygen atoms in total. The van der Waals surface area contributed by atoms with Crippen molar-refractivity contribution in [3.63, 3.8) is 0 Å². The zero-order valence-corrected chi connectivity index (χ0v) is 13.1. The predicted molar refractivity (Wildman–Crippen MR) is 80.6 cm³/mol. The second-order valence-electron chi connectivity index (χ2n) is 4.67. The monoisotopic (exact) mass is 357 g/mol. The standard InChI is InChI=1S/C16H15BrF3N/c1-2-21-14(11-6-4-7-12(18)15(11)17)9-10-5-3-8-13(19)16(10)20/h3-8,14,21H,2,9H2,1H3. The number of hydrogen-bond acceptors (Lipinski definition) is 1. The van der Waals surface area contributed by atoms with Crippen LogP contribution in [0.4, 0.5) is 13.2 Å². The molecule has 1 N–H and O–H groups in total. The number of nitrogens with one attached hydrogen (secondary N) is 1. The van der Waals surface area contributed by atoms with Crippen molar-refractivity contribution in [1.29, 1.82) is 0 Å². The lowest BCUT2D eigenvalue weighted by Gasteiger charge is -2.20. The van der Waals surface area contributed by atoms with E-state index in [0.717, 1.165) is 6.07 Å². The van der Waals surface area contributed by atoms with Crippen molar-refractivity contribution in [2.75, 3.05) is 6.54 Å². The normalized spacial score (nSPS) is 12.4. The van der Waals surface area contributed by atoms with Gasteiger partial charge in [0.2, 0.25) is 0 Å². The molecule has 21 heavy (non-hydrogen) atoms. The quantitative estimate of drug-likeness (QED) is 0.813. The fourth-order valence-electron chi connectivity index (χ4n) is 2.25. The Morgan fingerprint density at radius 2 is 1.71 bits per heavy atom. The summed E-state index contributed by atoms with van der Waals surface area (Å²) in [5.41, 5.74) is 0.942. The van der Waals surface area contributed by atoms with Crippen molar-refractivity contribution in [2.24, 2.45) is 0 Å². The van der Waals surface area contributed by atoms with Crippen molar-refractivity contribution in [1.82, 2.24) is 5.32 Å². The van der Waals surface area contributed by atoms with Crippen molar-refractivity contribution in [3.05, 3.63) is 69.4 Å². The highest BCUT2D eigenvalue weighted by molar-refractivity contribution is 9.10. The third kappa shape index (κ3) is 3.66. The number of rotatable bonds is 5. The number of halogens is 4. The first-order valence-electron chi connectivity index (χ1n) is 6.64. The zero-order chi connectivity index (χ0) is 15.4. The summed E-state index contributed by atoms with van der Waals surface area (Å²) in [6, 6.07) is 8.49. The van der Waals surface area contributed by atoms with Gasteiger partial charge in [-0.1, -0.05) is 31.2 Å². The second-order valence-corrected chi connectivity index (χ2v) is 5.46. The molecule has 5 heteroatoms. The SMILES string of the molecule is CCNC(Cc1cccc(F)c1F)c1cccc(F)c1Br. The molecular formula is C16H15BrF3N. The first kappa shape index (κ1) is 16.0. The minimum absolute atomic E-state index is 0.236. The summed E-state index contributed by atoms with van der Waals surface area (Å²) >= 11 is 3.21. The van der Waals surface area contributed by atoms with Gasteiger partial charge in [-0.15, -0.1) is 0 Å². The Kier molecular flexibility index (Phi) is 5.42. The van der Waals surface area contributed by atoms with E-state index >= 15 is 0 Å². The van der Waals surface area contributed by atoms with Crippen LogP contribution in [0, 0.1) is 17.5 Å². The van der Waals surface area contributed by atoms with E-state index < -0.39 is 11.6 Å². The number of hydrogen-bond donors (Lipinski definition) is 1. The summed E-state index contributed by atoms with van der Waals surface area (Å²) in [5.74, 6) is -2.11. The summed E-state index contributed by atoms with van der Waals surface area (Å²) in [7, 11) is 0. The highest BCUT2D eigenvalue weighted by Gasteiger charge is 2.19. The first-order valence-corrected chi connectivity index (χ1v) is 7.44. The molecule has 0 saturated carbocycles. The molecule has 1 unspecified atom stereocenters. The van der Waals surface area contributed by atoms with Crippen LogP contribution in [-0.4, -0.2) is 6.54 Å². The molecule has 0 radical (unpaired) electrons. The molecule has 2 rings (SSSR count). The van der Waals surface area contributed by atoms with Gasteiger partial charge in [-0.25, -0.2) is 13.2 Å². The summed E-state index contributed by atoms with van der Waals surface area (Å²) in [6.07, 6.45) is 0.236. The molecule has 0 fully saturated rings. The highest BCUT2D eigenvalue weighted by atomic mass is 79.9. The van der Waals surface area contributed by atoms with E-state index in [4.69, 9.17) is 0 Å². The van der Waals surface area contributed by atoms with Gasteiger partial charge in [0.25, 0.3) is 0 Å². The van der Waals surface area contributed by atoms with Crippen LogP contribution in [0.1, 0.15) is 24.1 Å². The lowest BCUT2D eigenvalue weighted by molar-refractivity contribution is 0.479. The van der Waals surface area contributed by atoms with Crippen LogP contribution in [0.15, 0.2) is 40.9 Å². The average molecular weight is 358 g/mol. The Bertz CT molecular complexity index is 631. The largest absolute Gasteiger partial charge is 0.310 e. The maximum absolute atomic E-state index is 13.8. The van der Waals surface area contributed by atoms with Crippen LogP contribution in [0.5, 0.6) is 0 Å². The van der Waals surface area contributed by atoms with Crippen molar-refractivity contribution >= 4 is 15.9 Å². The summed E-state index contributed by atoms with van der Waals surface area (Å²) in [6.45, 7) is 2.53. The molecule has 2 aromatic carbocycles. The lowest BCUT2D eigenvalue weighted by atomic mass is 9.98. The Hall–Kier alpha value is -1.33. The summed E-state index contributed by atoms with van der Waals surface area (Å²) < 4.78 is 41.1. The fourth-order valence-corrected chi connectivity index (χ4v) is 2.79. The van der Waals surface area contributed by atoms with Crippen LogP contribution < -0.4 is 5.32 Å². The van der Waals surface area contributed by atoms with E-state index in [1.807, 2.05) is 6.92 Å². The second kappa shape index (κ2) is 7.09. The van der Waals surface area contributed by atoms with E-state index in [-0.39, 0.29) is 23.8 Å². The smallest absolute Gasteiger partial charge is 0.162 e. The molecule has 0 aromatic heterocycles. The third-order valence-corrected chi connectivity index (χ3v) is 4.10. The Labute approximate surface area is 130 Å². The average Bonchev–Trinajstić information content (AvgIpc) is 2.46. The molecule has 0 amide bonds. The molecule has 0 spiro atoms. The van der Waals surface area contributed by atoms with Crippen molar-refractivity contribution in [2.45, 2.75) is 19.4 Å². The molecule has 112 valence electrons. The van der Waals surface area contributed by atoms with Crippen LogP contribution >= 0.6 is 15.9 Å². The molecule has 0 aliphatic rings. The maximum Gasteiger partial charge on any atom is 0.162 e. The van der Waals surface area contributed by atoms with E-state index in [0.29, 0.717) is 16.6 Å². The van der Waals surface area contributed by atoms with Gasteiger partial charge in [0.1, 0.15) is 5.82 Å². The van der Waals surface area contributed by atoms with Gasteiger partial charge in [0.05, 0.1) is 4.47 Å². The van der Waals surface area contributed by atoms with Gasteiger partial charge in [0.15, 0.2) is 11.6 Å².